The number of hydrogen-bond acceptors (Lipinski definition) is 4. The van der Waals surface area contributed by atoms with Crippen LogP contribution in [0.1, 0.15) is 10.6 Å². The van der Waals surface area contributed by atoms with Crippen LogP contribution >= 0.6 is 27.3 Å². The predicted molar refractivity (Wildman–Crippen MR) is 79.6 cm³/mol. The van der Waals surface area contributed by atoms with Crippen molar-refractivity contribution in [3.8, 4) is 0 Å². The number of nitrogens with one attached hydrogen (secondary N) is 3. The van der Waals surface area contributed by atoms with Gasteiger partial charge < -0.3 is 10.3 Å². The van der Waals surface area contributed by atoms with Crippen LogP contribution in [0.4, 0.5) is 0 Å². The zero-order valence-corrected chi connectivity index (χ0v) is 13.5. The maximum Gasteiger partial charge on any atom is 0.242 e. The van der Waals surface area contributed by atoms with Crippen molar-refractivity contribution < 1.29 is 8.42 Å². The van der Waals surface area contributed by atoms with Gasteiger partial charge in [-0.25, -0.2) is 13.1 Å². The van der Waals surface area contributed by atoms with Crippen LogP contribution in [-0.2, 0) is 23.1 Å². The van der Waals surface area contributed by atoms with E-state index in [4.69, 9.17) is 0 Å². The molecule has 19 heavy (non-hydrogen) atoms. The highest BCUT2D eigenvalue weighted by atomic mass is 79.9. The van der Waals surface area contributed by atoms with Gasteiger partial charge >= 0.3 is 0 Å². The molecule has 0 radical (unpaired) electrons. The Kier molecular flexibility index (Phi) is 4.80. The third-order valence-electron chi connectivity index (χ3n) is 2.45. The number of aromatic nitrogens is 1. The summed E-state index contributed by atoms with van der Waals surface area (Å²) in [7, 11) is -1.66. The van der Waals surface area contributed by atoms with E-state index in [0.29, 0.717) is 13.1 Å². The third-order valence-corrected chi connectivity index (χ3v) is 5.53. The summed E-state index contributed by atoms with van der Waals surface area (Å²) in [5, 5.41) is 4.88. The molecule has 2 aromatic rings. The van der Waals surface area contributed by atoms with Crippen LogP contribution in [-0.4, -0.2) is 20.4 Å². The van der Waals surface area contributed by atoms with E-state index in [1.165, 1.54) is 17.5 Å². The van der Waals surface area contributed by atoms with E-state index in [-0.39, 0.29) is 4.90 Å². The topological polar surface area (TPSA) is 74.0 Å². The first-order chi connectivity index (χ1) is 9.01. The first kappa shape index (κ1) is 14.7. The van der Waals surface area contributed by atoms with Crippen molar-refractivity contribution in [3.63, 3.8) is 0 Å². The number of hydrogen-bond donors (Lipinski definition) is 3. The summed E-state index contributed by atoms with van der Waals surface area (Å²) in [5.74, 6) is 0. The molecule has 3 N–H and O–H groups in total. The molecule has 0 aliphatic heterocycles. The van der Waals surface area contributed by atoms with Gasteiger partial charge in [0, 0.05) is 39.7 Å². The Balaban J connectivity index is 2.04. The smallest absolute Gasteiger partial charge is 0.242 e. The summed E-state index contributed by atoms with van der Waals surface area (Å²) in [6.45, 7) is 0.901. The highest BCUT2D eigenvalue weighted by Crippen LogP contribution is 2.20. The fraction of sp³-hybridized carbons (Fsp3) is 0.273. The van der Waals surface area contributed by atoms with Crippen molar-refractivity contribution in [2.75, 3.05) is 7.05 Å². The summed E-state index contributed by atoms with van der Waals surface area (Å²) in [6.07, 6.45) is 1.50. The molecule has 2 aromatic heterocycles. The number of thiophene rings is 1. The molecule has 0 fully saturated rings. The second-order valence-corrected chi connectivity index (χ2v) is 7.63. The van der Waals surface area contributed by atoms with E-state index in [1.807, 2.05) is 18.5 Å². The van der Waals surface area contributed by atoms with E-state index in [9.17, 15) is 8.42 Å². The minimum Gasteiger partial charge on any atom is -0.363 e. The second-order valence-electron chi connectivity index (χ2n) is 3.95. The number of H-pyrrole nitrogens is 1. The standard InChI is InChI=1S/C11H14BrN3O2S2/c1-13-4-9-3-11(6-14-9)19(16,17)15-5-10-2-8(12)7-18-10/h2-3,6-7,13-15H,4-5H2,1H3. The van der Waals surface area contributed by atoms with Crippen LogP contribution in [0.2, 0.25) is 0 Å². The molecule has 2 rings (SSSR count). The number of sulfonamides is 1. The molecule has 5 nitrogen and oxygen atoms in total. The largest absolute Gasteiger partial charge is 0.363 e. The van der Waals surface area contributed by atoms with E-state index >= 15 is 0 Å². The van der Waals surface area contributed by atoms with Gasteiger partial charge in [-0.05, 0) is 35.1 Å². The van der Waals surface area contributed by atoms with Gasteiger partial charge in [-0.3, -0.25) is 0 Å². The minimum atomic E-state index is -3.46. The average Bonchev–Trinajstić information content (AvgIpc) is 2.97. The molecule has 0 aromatic carbocycles. The lowest BCUT2D eigenvalue weighted by molar-refractivity contribution is 0.582. The zero-order chi connectivity index (χ0) is 13.9. The molecule has 104 valence electrons. The summed E-state index contributed by atoms with van der Waals surface area (Å²) < 4.78 is 27.7. The molecular weight excluding hydrogens is 350 g/mol. The second kappa shape index (κ2) is 6.19. The molecule has 0 amide bonds. The Hall–Kier alpha value is -0.670. The fourth-order valence-corrected chi connectivity index (χ4v) is 4.07. The van der Waals surface area contributed by atoms with Gasteiger partial charge in [0.05, 0.1) is 4.90 Å². The van der Waals surface area contributed by atoms with Gasteiger partial charge in [0.25, 0.3) is 0 Å². The predicted octanol–water partition coefficient (Wildman–Crippen LogP) is 2.04. The lowest BCUT2D eigenvalue weighted by atomic mass is 10.4. The van der Waals surface area contributed by atoms with Crippen LogP contribution in [0.25, 0.3) is 0 Å². The first-order valence-corrected chi connectivity index (χ1v) is 8.71. The summed E-state index contributed by atoms with van der Waals surface area (Å²) in [5.41, 5.74) is 0.835. The molecule has 0 saturated heterocycles. The zero-order valence-electron chi connectivity index (χ0n) is 10.2. The van der Waals surface area contributed by atoms with Crippen LogP contribution in [0.15, 0.2) is 33.1 Å². The summed E-state index contributed by atoms with van der Waals surface area (Å²) in [6, 6.07) is 3.53. The highest BCUT2D eigenvalue weighted by Gasteiger charge is 2.15. The van der Waals surface area contributed by atoms with Crippen LogP contribution in [0.5, 0.6) is 0 Å². The van der Waals surface area contributed by atoms with Crippen molar-refractivity contribution >= 4 is 37.3 Å². The Bertz CT molecular complexity index is 648. The Morgan fingerprint density at radius 2 is 2.16 bits per heavy atom. The van der Waals surface area contributed by atoms with Gasteiger partial charge in [-0.1, -0.05) is 0 Å². The third kappa shape index (κ3) is 3.90. The van der Waals surface area contributed by atoms with Crippen LogP contribution in [0, 0.1) is 0 Å². The lowest BCUT2D eigenvalue weighted by Crippen LogP contribution is -2.22. The molecule has 0 aliphatic carbocycles. The van der Waals surface area contributed by atoms with E-state index in [0.717, 1.165) is 15.0 Å². The number of rotatable bonds is 6. The fourth-order valence-electron chi connectivity index (χ4n) is 1.56. The van der Waals surface area contributed by atoms with Gasteiger partial charge in [-0.15, -0.1) is 11.3 Å². The molecular formula is C11H14BrN3O2S2. The number of aromatic amines is 1. The summed E-state index contributed by atoms with van der Waals surface area (Å²) in [4.78, 5) is 4.15. The van der Waals surface area contributed by atoms with Crippen LogP contribution < -0.4 is 10.0 Å². The maximum absolute atomic E-state index is 12.1. The van der Waals surface area contributed by atoms with E-state index < -0.39 is 10.0 Å². The van der Waals surface area contributed by atoms with Gasteiger partial charge in [0.1, 0.15) is 0 Å². The molecule has 2 heterocycles. The van der Waals surface area contributed by atoms with Gasteiger partial charge in [0.2, 0.25) is 10.0 Å². The quantitative estimate of drug-likeness (QED) is 0.734. The highest BCUT2D eigenvalue weighted by molar-refractivity contribution is 9.10. The Morgan fingerprint density at radius 3 is 2.79 bits per heavy atom. The number of halogens is 1. The van der Waals surface area contributed by atoms with Gasteiger partial charge in [-0.2, -0.15) is 0 Å². The molecule has 0 aliphatic rings. The van der Waals surface area contributed by atoms with Crippen molar-refractivity contribution in [2.24, 2.45) is 0 Å². The van der Waals surface area contributed by atoms with E-state index in [2.05, 4.69) is 31.0 Å². The SMILES string of the molecule is CNCc1cc(S(=O)(=O)NCc2cc(Br)cs2)c[nH]1. The monoisotopic (exact) mass is 363 g/mol. The first-order valence-electron chi connectivity index (χ1n) is 5.56. The van der Waals surface area contributed by atoms with Crippen molar-refractivity contribution in [2.45, 2.75) is 18.0 Å². The van der Waals surface area contributed by atoms with Gasteiger partial charge in [0.15, 0.2) is 0 Å². The molecule has 0 saturated carbocycles. The van der Waals surface area contributed by atoms with Crippen molar-refractivity contribution in [1.82, 2.24) is 15.0 Å². The molecule has 0 atom stereocenters. The van der Waals surface area contributed by atoms with E-state index in [1.54, 1.807) is 6.07 Å². The molecule has 0 spiro atoms. The summed E-state index contributed by atoms with van der Waals surface area (Å²) >= 11 is 4.85. The molecule has 8 heteroatoms. The average molecular weight is 364 g/mol. The lowest BCUT2D eigenvalue weighted by Gasteiger charge is -2.02. The Labute approximate surface area is 124 Å². The molecule has 0 bridgehead atoms. The normalized spacial score (nSPS) is 11.9. The molecule has 0 unspecified atom stereocenters. The van der Waals surface area contributed by atoms with Crippen LogP contribution in [0.3, 0.4) is 0 Å². The van der Waals surface area contributed by atoms with Crippen molar-refractivity contribution in [1.29, 1.82) is 0 Å². The Morgan fingerprint density at radius 1 is 1.37 bits per heavy atom. The minimum absolute atomic E-state index is 0.258. The van der Waals surface area contributed by atoms with Crippen molar-refractivity contribution in [3.05, 3.63) is 38.8 Å². The maximum atomic E-state index is 12.1.